The second-order valence-corrected chi connectivity index (χ2v) is 6.89. The SMILES string of the molecule is Cc1ccc(-c2cc(C(=O)N3CCCC(N4CCNCC4=O)C3)n[nH]2)o1.Cl. The zero-order valence-electron chi connectivity index (χ0n) is 15.2. The summed E-state index contributed by atoms with van der Waals surface area (Å²) in [5.74, 6) is 1.48. The van der Waals surface area contributed by atoms with E-state index in [1.165, 1.54) is 0 Å². The van der Waals surface area contributed by atoms with E-state index < -0.39 is 0 Å². The highest BCUT2D eigenvalue weighted by Crippen LogP contribution is 2.22. The molecule has 2 aromatic rings. The van der Waals surface area contributed by atoms with Gasteiger partial charge in [-0.3, -0.25) is 14.7 Å². The predicted octanol–water partition coefficient (Wildman–Crippen LogP) is 1.44. The van der Waals surface area contributed by atoms with Gasteiger partial charge < -0.3 is 19.5 Å². The van der Waals surface area contributed by atoms with E-state index in [1.54, 1.807) is 11.0 Å². The van der Waals surface area contributed by atoms with E-state index in [4.69, 9.17) is 4.42 Å². The number of amides is 2. The van der Waals surface area contributed by atoms with Crippen LogP contribution < -0.4 is 5.32 Å². The first-order valence-electron chi connectivity index (χ1n) is 9.03. The smallest absolute Gasteiger partial charge is 0.274 e. The third-order valence-corrected chi connectivity index (χ3v) is 5.05. The number of carbonyl (C=O) groups is 2. The number of piperazine rings is 1. The number of piperidine rings is 1. The number of hydrogen-bond donors (Lipinski definition) is 2. The van der Waals surface area contributed by atoms with E-state index in [1.807, 2.05) is 24.0 Å². The Morgan fingerprint density at radius 3 is 2.93 bits per heavy atom. The van der Waals surface area contributed by atoms with Gasteiger partial charge in [-0.2, -0.15) is 5.10 Å². The first-order valence-corrected chi connectivity index (χ1v) is 9.03. The topological polar surface area (TPSA) is 94.5 Å². The number of likely N-dealkylation sites (tertiary alicyclic amines) is 1. The molecule has 4 rings (SSSR count). The molecule has 0 radical (unpaired) electrons. The molecule has 8 nitrogen and oxygen atoms in total. The molecule has 2 N–H and O–H groups in total. The molecule has 4 heterocycles. The summed E-state index contributed by atoms with van der Waals surface area (Å²) >= 11 is 0. The molecule has 0 aromatic carbocycles. The Morgan fingerprint density at radius 2 is 2.19 bits per heavy atom. The largest absolute Gasteiger partial charge is 0.460 e. The van der Waals surface area contributed by atoms with Crippen LogP contribution in [0, 0.1) is 6.92 Å². The van der Waals surface area contributed by atoms with Crippen molar-refractivity contribution in [2.75, 3.05) is 32.7 Å². The lowest BCUT2D eigenvalue weighted by Gasteiger charge is -2.40. The van der Waals surface area contributed by atoms with Gasteiger partial charge in [-0.05, 0) is 31.9 Å². The second-order valence-electron chi connectivity index (χ2n) is 6.89. The van der Waals surface area contributed by atoms with E-state index in [9.17, 15) is 9.59 Å². The van der Waals surface area contributed by atoms with Crippen molar-refractivity contribution in [2.24, 2.45) is 0 Å². The van der Waals surface area contributed by atoms with Crippen molar-refractivity contribution in [2.45, 2.75) is 25.8 Å². The Kier molecular flexibility index (Phi) is 5.86. The Bertz CT molecular complexity index is 818. The van der Waals surface area contributed by atoms with Crippen LogP contribution in [0.15, 0.2) is 22.6 Å². The molecule has 1 atom stereocenters. The van der Waals surface area contributed by atoms with Crippen molar-refractivity contribution in [1.29, 1.82) is 0 Å². The maximum atomic E-state index is 12.9. The van der Waals surface area contributed by atoms with E-state index >= 15 is 0 Å². The summed E-state index contributed by atoms with van der Waals surface area (Å²) in [4.78, 5) is 28.7. The molecule has 0 bridgehead atoms. The maximum absolute atomic E-state index is 12.9. The first-order chi connectivity index (χ1) is 12.6. The highest BCUT2D eigenvalue weighted by Gasteiger charge is 2.32. The van der Waals surface area contributed by atoms with E-state index in [0.29, 0.717) is 43.3 Å². The number of aryl methyl sites for hydroxylation is 1. The Labute approximate surface area is 163 Å². The average molecular weight is 394 g/mol. The highest BCUT2D eigenvalue weighted by atomic mass is 35.5. The van der Waals surface area contributed by atoms with Gasteiger partial charge in [0.2, 0.25) is 5.91 Å². The fraction of sp³-hybridized carbons (Fsp3) is 0.500. The van der Waals surface area contributed by atoms with Gasteiger partial charge in [-0.25, -0.2) is 0 Å². The van der Waals surface area contributed by atoms with Crippen LogP contribution in [0.2, 0.25) is 0 Å². The van der Waals surface area contributed by atoms with Crippen LogP contribution in [-0.4, -0.2) is 70.6 Å². The van der Waals surface area contributed by atoms with Gasteiger partial charge in [-0.1, -0.05) is 0 Å². The molecule has 2 aliphatic heterocycles. The summed E-state index contributed by atoms with van der Waals surface area (Å²) in [7, 11) is 0. The minimum absolute atomic E-state index is 0. The third kappa shape index (κ3) is 4.01. The summed E-state index contributed by atoms with van der Waals surface area (Å²) in [6.07, 6.45) is 1.83. The number of nitrogens with zero attached hydrogens (tertiary/aromatic N) is 3. The lowest BCUT2D eigenvalue weighted by molar-refractivity contribution is -0.135. The number of hydrogen-bond acceptors (Lipinski definition) is 5. The summed E-state index contributed by atoms with van der Waals surface area (Å²) in [5, 5.41) is 10.1. The summed E-state index contributed by atoms with van der Waals surface area (Å²) in [5.41, 5.74) is 1.06. The second kappa shape index (κ2) is 8.14. The lowest BCUT2D eigenvalue weighted by atomic mass is 10.0. The van der Waals surface area contributed by atoms with Crippen molar-refractivity contribution >= 4 is 24.2 Å². The highest BCUT2D eigenvalue weighted by molar-refractivity contribution is 5.93. The van der Waals surface area contributed by atoms with Crippen LogP contribution in [0.5, 0.6) is 0 Å². The van der Waals surface area contributed by atoms with Crippen molar-refractivity contribution in [1.82, 2.24) is 25.3 Å². The third-order valence-electron chi connectivity index (χ3n) is 5.05. The predicted molar refractivity (Wildman–Crippen MR) is 102 cm³/mol. The van der Waals surface area contributed by atoms with Gasteiger partial charge in [0.15, 0.2) is 11.5 Å². The number of furan rings is 1. The fourth-order valence-electron chi connectivity index (χ4n) is 3.70. The van der Waals surface area contributed by atoms with E-state index in [-0.39, 0.29) is 30.3 Å². The van der Waals surface area contributed by atoms with Crippen LogP contribution in [0.25, 0.3) is 11.5 Å². The normalized spacial score (nSPS) is 20.5. The number of nitrogens with one attached hydrogen (secondary N) is 2. The molecule has 2 amide bonds. The molecule has 0 spiro atoms. The number of H-pyrrole nitrogens is 1. The van der Waals surface area contributed by atoms with Gasteiger partial charge in [0, 0.05) is 38.3 Å². The monoisotopic (exact) mass is 393 g/mol. The number of carbonyl (C=O) groups excluding carboxylic acids is 2. The quantitative estimate of drug-likeness (QED) is 0.822. The molecule has 0 saturated carbocycles. The molecule has 2 aromatic heterocycles. The van der Waals surface area contributed by atoms with Gasteiger partial charge in [0.1, 0.15) is 11.5 Å². The van der Waals surface area contributed by atoms with Crippen LogP contribution in [0.4, 0.5) is 0 Å². The molecule has 146 valence electrons. The van der Waals surface area contributed by atoms with Crippen molar-refractivity contribution in [3.05, 3.63) is 29.7 Å². The molecular formula is C18H24ClN5O3. The van der Waals surface area contributed by atoms with E-state index in [0.717, 1.165) is 25.1 Å². The molecule has 2 fully saturated rings. The van der Waals surface area contributed by atoms with Crippen LogP contribution in [-0.2, 0) is 4.79 Å². The minimum Gasteiger partial charge on any atom is -0.460 e. The first kappa shape index (κ1) is 19.4. The molecule has 27 heavy (non-hydrogen) atoms. The Balaban J connectivity index is 0.00000210. The molecule has 0 aliphatic carbocycles. The number of aromatic nitrogens is 2. The number of halogens is 1. The number of aromatic amines is 1. The fourth-order valence-corrected chi connectivity index (χ4v) is 3.70. The maximum Gasteiger partial charge on any atom is 0.274 e. The van der Waals surface area contributed by atoms with Crippen molar-refractivity contribution in [3.63, 3.8) is 0 Å². The minimum atomic E-state index is -0.108. The Hall–Kier alpha value is -2.32. The van der Waals surface area contributed by atoms with Crippen molar-refractivity contribution in [3.8, 4) is 11.5 Å². The van der Waals surface area contributed by atoms with Crippen LogP contribution in [0.3, 0.4) is 0 Å². The molecule has 1 unspecified atom stereocenters. The zero-order chi connectivity index (χ0) is 18.1. The Morgan fingerprint density at radius 1 is 1.33 bits per heavy atom. The average Bonchev–Trinajstić information content (AvgIpc) is 3.30. The van der Waals surface area contributed by atoms with Gasteiger partial charge in [-0.15, -0.1) is 12.4 Å². The lowest BCUT2D eigenvalue weighted by Crippen LogP contribution is -2.57. The summed E-state index contributed by atoms with van der Waals surface area (Å²) in [6.45, 7) is 5.02. The van der Waals surface area contributed by atoms with Gasteiger partial charge >= 0.3 is 0 Å². The molecule has 2 aliphatic rings. The van der Waals surface area contributed by atoms with E-state index in [2.05, 4.69) is 15.5 Å². The van der Waals surface area contributed by atoms with Gasteiger partial charge in [0.25, 0.3) is 5.91 Å². The van der Waals surface area contributed by atoms with Crippen LogP contribution in [0.1, 0.15) is 29.1 Å². The van der Waals surface area contributed by atoms with Crippen molar-refractivity contribution < 1.29 is 14.0 Å². The van der Waals surface area contributed by atoms with Crippen LogP contribution >= 0.6 is 12.4 Å². The van der Waals surface area contributed by atoms with Gasteiger partial charge in [0.05, 0.1) is 6.54 Å². The molecule has 2 saturated heterocycles. The molecular weight excluding hydrogens is 370 g/mol. The standard InChI is InChI=1S/C18H23N5O3.ClH/c1-12-4-5-16(26-12)14-9-15(21-20-14)18(25)22-7-2-3-13(11-22)23-8-6-19-10-17(23)24;/h4-5,9,13,19H,2-3,6-8,10-11H2,1H3,(H,20,21);1H. The summed E-state index contributed by atoms with van der Waals surface area (Å²) in [6, 6.07) is 5.54. The number of rotatable bonds is 3. The molecule has 9 heteroatoms. The summed E-state index contributed by atoms with van der Waals surface area (Å²) < 4.78 is 5.57. The zero-order valence-corrected chi connectivity index (χ0v) is 16.1.